The molecule has 4 aromatic rings. The van der Waals surface area contributed by atoms with Crippen molar-refractivity contribution in [1.29, 1.82) is 0 Å². The zero-order valence-electron chi connectivity index (χ0n) is 21.3. The molecule has 0 bridgehead atoms. The molecule has 38 heavy (non-hydrogen) atoms. The molecule has 5 rings (SSSR count). The van der Waals surface area contributed by atoms with Crippen LogP contribution in [0.1, 0.15) is 47.2 Å². The first-order valence-electron chi connectivity index (χ1n) is 12.8. The lowest BCUT2D eigenvalue weighted by Crippen LogP contribution is -2.32. The van der Waals surface area contributed by atoms with Gasteiger partial charge >= 0.3 is 0 Å². The largest absolute Gasteiger partial charge is 0.349 e. The van der Waals surface area contributed by atoms with Crippen molar-refractivity contribution in [3.8, 4) is 0 Å². The highest BCUT2D eigenvalue weighted by molar-refractivity contribution is 7.99. The smallest absolute Gasteiger partial charge is 0.262 e. The van der Waals surface area contributed by atoms with E-state index in [0.29, 0.717) is 21.6 Å². The Bertz CT molecular complexity index is 1530. The summed E-state index contributed by atoms with van der Waals surface area (Å²) in [5.74, 6) is -0.130. The number of nitrogens with one attached hydrogen (secondary N) is 2. The number of fused-ring (bicyclic) bond motifs is 1. The number of thioether (sulfide) groups is 1. The van der Waals surface area contributed by atoms with Crippen LogP contribution in [0.2, 0.25) is 0 Å². The fraction of sp³-hybridized carbons (Fsp3) is 0.267. The second-order valence-electron chi connectivity index (χ2n) is 9.66. The van der Waals surface area contributed by atoms with Crippen molar-refractivity contribution in [2.24, 2.45) is 0 Å². The Balaban J connectivity index is 1.34. The minimum absolute atomic E-state index is 0.0659. The Morgan fingerprint density at radius 3 is 2.53 bits per heavy atom. The summed E-state index contributed by atoms with van der Waals surface area (Å²) in [5.41, 5.74) is 3.69. The van der Waals surface area contributed by atoms with E-state index in [1.807, 2.05) is 55.5 Å². The molecule has 1 aliphatic rings. The Hall–Kier alpha value is -3.91. The van der Waals surface area contributed by atoms with Crippen LogP contribution in [0, 0.1) is 6.92 Å². The van der Waals surface area contributed by atoms with Gasteiger partial charge < -0.3 is 10.6 Å². The predicted molar refractivity (Wildman–Crippen MR) is 152 cm³/mol. The SMILES string of the molecule is Cc1cccc(NC(=O)CSc2nc3ccccc3c(=O)n2Cc2ccc(C(=O)NC3CCCC3)cc2)c1. The lowest BCUT2D eigenvalue weighted by atomic mass is 10.1. The monoisotopic (exact) mass is 526 g/mol. The first kappa shape index (κ1) is 25.7. The number of para-hydroxylation sites is 1. The zero-order valence-corrected chi connectivity index (χ0v) is 22.1. The van der Waals surface area contributed by atoms with E-state index in [2.05, 4.69) is 10.6 Å². The number of hydrogen-bond acceptors (Lipinski definition) is 5. The number of amides is 2. The third-order valence-electron chi connectivity index (χ3n) is 6.71. The third kappa shape index (κ3) is 6.14. The molecular weight excluding hydrogens is 496 g/mol. The van der Waals surface area contributed by atoms with Gasteiger partial charge in [0.15, 0.2) is 5.16 Å². The van der Waals surface area contributed by atoms with Crippen LogP contribution in [0.5, 0.6) is 0 Å². The van der Waals surface area contributed by atoms with Crippen LogP contribution >= 0.6 is 11.8 Å². The van der Waals surface area contributed by atoms with Gasteiger partial charge in [-0.3, -0.25) is 19.0 Å². The predicted octanol–water partition coefficient (Wildman–Crippen LogP) is 5.16. The van der Waals surface area contributed by atoms with Crippen molar-refractivity contribution in [2.45, 2.75) is 50.4 Å². The van der Waals surface area contributed by atoms with E-state index < -0.39 is 0 Å². The van der Waals surface area contributed by atoms with Crippen LogP contribution in [0.25, 0.3) is 10.9 Å². The van der Waals surface area contributed by atoms with Gasteiger partial charge in [-0.25, -0.2) is 4.98 Å². The summed E-state index contributed by atoms with van der Waals surface area (Å²) in [4.78, 5) is 43.4. The van der Waals surface area contributed by atoms with E-state index >= 15 is 0 Å². The standard InChI is InChI=1S/C30H30N4O3S/c1-20-7-6-10-24(17-20)31-27(35)19-38-30-33-26-12-5-4-11-25(26)29(37)34(30)18-21-13-15-22(16-14-21)28(36)32-23-8-2-3-9-23/h4-7,10-17,23H,2-3,8-9,18-19H2,1H3,(H,31,35)(H,32,36). The van der Waals surface area contributed by atoms with Crippen molar-refractivity contribution < 1.29 is 9.59 Å². The van der Waals surface area contributed by atoms with Gasteiger partial charge in [0.1, 0.15) is 0 Å². The first-order chi connectivity index (χ1) is 18.5. The first-order valence-corrected chi connectivity index (χ1v) is 13.8. The minimum Gasteiger partial charge on any atom is -0.349 e. The molecule has 7 nitrogen and oxygen atoms in total. The van der Waals surface area contributed by atoms with Crippen molar-refractivity contribution in [1.82, 2.24) is 14.9 Å². The second-order valence-corrected chi connectivity index (χ2v) is 10.6. The summed E-state index contributed by atoms with van der Waals surface area (Å²) in [7, 11) is 0. The molecule has 194 valence electrons. The molecule has 0 spiro atoms. The Morgan fingerprint density at radius 2 is 1.76 bits per heavy atom. The quantitative estimate of drug-likeness (QED) is 0.245. The van der Waals surface area contributed by atoms with E-state index in [1.54, 1.807) is 28.8 Å². The molecule has 2 N–H and O–H groups in total. The van der Waals surface area contributed by atoms with Gasteiger partial charge in [0.25, 0.3) is 11.5 Å². The molecule has 3 aromatic carbocycles. The molecule has 0 saturated heterocycles. The number of carbonyl (C=O) groups is 2. The Morgan fingerprint density at radius 1 is 1.00 bits per heavy atom. The van der Waals surface area contributed by atoms with Crippen molar-refractivity contribution in [2.75, 3.05) is 11.1 Å². The molecule has 1 aliphatic carbocycles. The number of anilines is 1. The van der Waals surface area contributed by atoms with Gasteiger partial charge in [0.2, 0.25) is 5.91 Å². The highest BCUT2D eigenvalue weighted by atomic mass is 32.2. The summed E-state index contributed by atoms with van der Waals surface area (Å²) >= 11 is 1.23. The van der Waals surface area contributed by atoms with Crippen LogP contribution in [-0.2, 0) is 11.3 Å². The fourth-order valence-corrected chi connectivity index (χ4v) is 5.53. The number of benzene rings is 3. The molecule has 1 fully saturated rings. The summed E-state index contributed by atoms with van der Waals surface area (Å²) in [6.45, 7) is 2.25. The molecule has 8 heteroatoms. The molecule has 0 aliphatic heterocycles. The van der Waals surface area contributed by atoms with E-state index in [9.17, 15) is 14.4 Å². The topological polar surface area (TPSA) is 93.1 Å². The molecule has 1 aromatic heterocycles. The Kier molecular flexibility index (Phi) is 7.89. The maximum atomic E-state index is 13.4. The van der Waals surface area contributed by atoms with E-state index in [0.717, 1.165) is 42.5 Å². The second kappa shape index (κ2) is 11.6. The van der Waals surface area contributed by atoms with E-state index in [1.165, 1.54) is 11.8 Å². The van der Waals surface area contributed by atoms with Gasteiger partial charge in [0, 0.05) is 17.3 Å². The number of hydrogen-bond donors (Lipinski definition) is 2. The number of aryl methyl sites for hydroxylation is 1. The molecular formula is C30H30N4O3S. The maximum Gasteiger partial charge on any atom is 0.262 e. The summed E-state index contributed by atoms with van der Waals surface area (Å²) < 4.78 is 1.60. The lowest BCUT2D eigenvalue weighted by Gasteiger charge is -2.14. The number of nitrogens with zero attached hydrogens (tertiary/aromatic N) is 2. The van der Waals surface area contributed by atoms with E-state index in [4.69, 9.17) is 4.98 Å². The molecule has 0 atom stereocenters. The molecule has 0 unspecified atom stereocenters. The van der Waals surface area contributed by atoms with Gasteiger partial charge in [0.05, 0.1) is 23.2 Å². The van der Waals surface area contributed by atoms with Crippen molar-refractivity contribution >= 4 is 40.2 Å². The summed E-state index contributed by atoms with van der Waals surface area (Å²) in [6, 6.07) is 22.4. The van der Waals surface area contributed by atoms with Crippen LogP contribution in [-0.4, -0.2) is 33.2 Å². The zero-order chi connectivity index (χ0) is 26.5. The highest BCUT2D eigenvalue weighted by Gasteiger charge is 2.18. The normalized spacial score (nSPS) is 13.5. The average molecular weight is 527 g/mol. The number of rotatable bonds is 8. The fourth-order valence-electron chi connectivity index (χ4n) is 4.73. The average Bonchev–Trinajstić information content (AvgIpc) is 3.43. The molecule has 0 radical (unpaired) electrons. The van der Waals surface area contributed by atoms with Crippen LogP contribution < -0.4 is 16.2 Å². The van der Waals surface area contributed by atoms with Crippen molar-refractivity contribution in [3.05, 3.63) is 99.8 Å². The van der Waals surface area contributed by atoms with Crippen molar-refractivity contribution in [3.63, 3.8) is 0 Å². The minimum atomic E-state index is -0.174. The summed E-state index contributed by atoms with van der Waals surface area (Å²) in [6.07, 6.45) is 4.38. The van der Waals surface area contributed by atoms with Gasteiger partial charge in [-0.05, 0) is 67.3 Å². The molecule has 1 saturated carbocycles. The van der Waals surface area contributed by atoms with Crippen LogP contribution in [0.3, 0.4) is 0 Å². The Labute approximate surface area is 225 Å². The van der Waals surface area contributed by atoms with Gasteiger partial charge in [-0.1, -0.05) is 61.0 Å². The van der Waals surface area contributed by atoms with Gasteiger partial charge in [-0.2, -0.15) is 0 Å². The van der Waals surface area contributed by atoms with Crippen LogP contribution in [0.15, 0.2) is 82.7 Å². The number of aromatic nitrogens is 2. The number of carbonyl (C=O) groups excluding carboxylic acids is 2. The molecule has 1 heterocycles. The van der Waals surface area contributed by atoms with E-state index in [-0.39, 0.29) is 35.7 Å². The van der Waals surface area contributed by atoms with Gasteiger partial charge in [-0.15, -0.1) is 0 Å². The summed E-state index contributed by atoms with van der Waals surface area (Å²) in [5, 5.41) is 7.00. The van der Waals surface area contributed by atoms with Crippen LogP contribution in [0.4, 0.5) is 5.69 Å². The maximum absolute atomic E-state index is 13.4. The third-order valence-corrected chi connectivity index (χ3v) is 7.68. The lowest BCUT2D eigenvalue weighted by molar-refractivity contribution is -0.113. The molecule has 2 amide bonds. The highest BCUT2D eigenvalue weighted by Crippen LogP contribution is 2.21.